The number of nitrogens with one attached hydrogen (secondary N) is 1. The predicted octanol–water partition coefficient (Wildman–Crippen LogP) is 2.74. The first kappa shape index (κ1) is 13.7. The summed E-state index contributed by atoms with van der Waals surface area (Å²) in [4.78, 5) is 8.79. The van der Waals surface area contributed by atoms with Crippen molar-refractivity contribution in [3.05, 3.63) is 59.2 Å². The zero-order valence-electron chi connectivity index (χ0n) is 11.7. The molecule has 1 N–H and O–H groups in total. The molecule has 3 heteroatoms. The van der Waals surface area contributed by atoms with Gasteiger partial charge in [0, 0.05) is 37.3 Å². The Morgan fingerprint density at radius 2 is 1.84 bits per heavy atom. The standard InChI is InChI=1S/C16H21N3/c1-3-13-5-6-16(19-12-13)8-14-7-15(10-17-4-2)11-18-9-14/h5-7,9,11-12,17H,3-4,8,10H2,1-2H3. The second kappa shape index (κ2) is 7.00. The van der Waals surface area contributed by atoms with Gasteiger partial charge in [-0.3, -0.25) is 9.97 Å². The Hall–Kier alpha value is -1.74. The fraction of sp³-hybridized carbons (Fsp3) is 0.375. The molecule has 0 aliphatic heterocycles. The summed E-state index contributed by atoms with van der Waals surface area (Å²) in [7, 11) is 0. The monoisotopic (exact) mass is 255 g/mol. The minimum absolute atomic E-state index is 0.844. The van der Waals surface area contributed by atoms with Crippen molar-refractivity contribution in [3.8, 4) is 0 Å². The Balaban J connectivity index is 2.05. The van der Waals surface area contributed by atoms with Crippen molar-refractivity contribution in [2.75, 3.05) is 6.54 Å². The average Bonchev–Trinajstić information content (AvgIpc) is 2.46. The van der Waals surface area contributed by atoms with Crippen LogP contribution in [0.25, 0.3) is 0 Å². The average molecular weight is 255 g/mol. The summed E-state index contributed by atoms with van der Waals surface area (Å²) >= 11 is 0. The maximum Gasteiger partial charge on any atom is 0.0448 e. The van der Waals surface area contributed by atoms with Crippen LogP contribution in [-0.4, -0.2) is 16.5 Å². The van der Waals surface area contributed by atoms with Crippen LogP contribution in [0.15, 0.2) is 36.8 Å². The van der Waals surface area contributed by atoms with Crippen molar-refractivity contribution in [2.45, 2.75) is 33.2 Å². The fourth-order valence-electron chi connectivity index (χ4n) is 1.98. The van der Waals surface area contributed by atoms with Crippen LogP contribution in [0.1, 0.15) is 36.2 Å². The van der Waals surface area contributed by atoms with E-state index < -0.39 is 0 Å². The summed E-state index contributed by atoms with van der Waals surface area (Å²) in [6, 6.07) is 6.46. The van der Waals surface area contributed by atoms with Gasteiger partial charge in [0.2, 0.25) is 0 Å². The Kier molecular flexibility index (Phi) is 5.04. The van der Waals surface area contributed by atoms with Crippen molar-refractivity contribution in [1.82, 2.24) is 15.3 Å². The maximum atomic E-state index is 4.49. The lowest BCUT2D eigenvalue weighted by molar-refractivity contribution is 0.723. The van der Waals surface area contributed by atoms with E-state index in [0.717, 1.165) is 31.6 Å². The Morgan fingerprint density at radius 3 is 2.53 bits per heavy atom. The largest absolute Gasteiger partial charge is 0.313 e. The van der Waals surface area contributed by atoms with E-state index in [-0.39, 0.29) is 0 Å². The van der Waals surface area contributed by atoms with Crippen molar-refractivity contribution in [3.63, 3.8) is 0 Å². The molecule has 0 saturated heterocycles. The minimum Gasteiger partial charge on any atom is -0.313 e. The van der Waals surface area contributed by atoms with Gasteiger partial charge >= 0.3 is 0 Å². The normalized spacial score (nSPS) is 10.6. The first-order chi connectivity index (χ1) is 9.31. The third-order valence-corrected chi connectivity index (χ3v) is 3.11. The summed E-state index contributed by atoms with van der Waals surface area (Å²) < 4.78 is 0. The van der Waals surface area contributed by atoms with Crippen LogP contribution in [0, 0.1) is 0 Å². The van der Waals surface area contributed by atoms with Crippen molar-refractivity contribution in [2.24, 2.45) is 0 Å². The highest BCUT2D eigenvalue weighted by molar-refractivity contribution is 5.24. The van der Waals surface area contributed by atoms with Gasteiger partial charge in [-0.2, -0.15) is 0 Å². The van der Waals surface area contributed by atoms with Crippen LogP contribution in [-0.2, 0) is 19.4 Å². The number of pyridine rings is 2. The molecule has 0 saturated carbocycles. The summed E-state index contributed by atoms with van der Waals surface area (Å²) in [6.45, 7) is 6.10. The van der Waals surface area contributed by atoms with E-state index in [0.29, 0.717) is 0 Å². The van der Waals surface area contributed by atoms with Gasteiger partial charge in [-0.25, -0.2) is 0 Å². The molecule has 2 heterocycles. The van der Waals surface area contributed by atoms with E-state index in [9.17, 15) is 0 Å². The Morgan fingerprint density at radius 1 is 1.00 bits per heavy atom. The summed E-state index contributed by atoms with van der Waals surface area (Å²) in [6.07, 6.45) is 7.68. The molecule has 0 aliphatic carbocycles. The van der Waals surface area contributed by atoms with E-state index in [1.165, 1.54) is 16.7 Å². The number of hydrogen-bond donors (Lipinski definition) is 1. The highest BCUT2D eigenvalue weighted by Crippen LogP contribution is 2.09. The lowest BCUT2D eigenvalue weighted by Gasteiger charge is -2.05. The van der Waals surface area contributed by atoms with Crippen LogP contribution < -0.4 is 5.32 Å². The van der Waals surface area contributed by atoms with Gasteiger partial charge in [0.05, 0.1) is 0 Å². The van der Waals surface area contributed by atoms with Gasteiger partial charge < -0.3 is 5.32 Å². The molecule has 3 nitrogen and oxygen atoms in total. The van der Waals surface area contributed by atoms with Crippen LogP contribution >= 0.6 is 0 Å². The molecular formula is C16H21N3. The molecule has 0 aliphatic rings. The second-order valence-electron chi connectivity index (χ2n) is 4.67. The van der Waals surface area contributed by atoms with Crippen LogP contribution in [0.4, 0.5) is 0 Å². The minimum atomic E-state index is 0.844. The maximum absolute atomic E-state index is 4.49. The number of rotatable bonds is 6. The molecule has 0 amide bonds. The van der Waals surface area contributed by atoms with Gasteiger partial charge in [0.15, 0.2) is 0 Å². The summed E-state index contributed by atoms with van der Waals surface area (Å²) in [5, 5.41) is 3.32. The predicted molar refractivity (Wildman–Crippen MR) is 78.0 cm³/mol. The highest BCUT2D eigenvalue weighted by atomic mass is 14.8. The van der Waals surface area contributed by atoms with Crippen LogP contribution in [0.2, 0.25) is 0 Å². The quantitative estimate of drug-likeness (QED) is 0.862. The third-order valence-electron chi connectivity index (χ3n) is 3.11. The second-order valence-corrected chi connectivity index (χ2v) is 4.67. The fourth-order valence-corrected chi connectivity index (χ4v) is 1.98. The number of aryl methyl sites for hydroxylation is 1. The number of aromatic nitrogens is 2. The molecular weight excluding hydrogens is 234 g/mol. The summed E-state index contributed by atoms with van der Waals surface area (Å²) in [5.74, 6) is 0. The van der Waals surface area contributed by atoms with E-state index in [1.807, 2.05) is 18.6 Å². The molecule has 0 atom stereocenters. The SMILES string of the molecule is CCNCc1cncc(Cc2ccc(CC)cn2)c1. The van der Waals surface area contributed by atoms with E-state index in [2.05, 4.69) is 47.3 Å². The molecule has 0 unspecified atom stereocenters. The molecule has 2 rings (SSSR count). The van der Waals surface area contributed by atoms with Crippen LogP contribution in [0.3, 0.4) is 0 Å². The molecule has 0 radical (unpaired) electrons. The van der Waals surface area contributed by atoms with Gasteiger partial charge in [-0.05, 0) is 35.7 Å². The van der Waals surface area contributed by atoms with E-state index in [1.54, 1.807) is 0 Å². The molecule has 0 bridgehead atoms. The highest BCUT2D eigenvalue weighted by Gasteiger charge is 2.00. The van der Waals surface area contributed by atoms with Crippen molar-refractivity contribution >= 4 is 0 Å². The Bertz CT molecular complexity index is 506. The topological polar surface area (TPSA) is 37.8 Å². The smallest absolute Gasteiger partial charge is 0.0448 e. The first-order valence-electron chi connectivity index (χ1n) is 6.89. The van der Waals surface area contributed by atoms with Crippen LogP contribution in [0.5, 0.6) is 0 Å². The third kappa shape index (κ3) is 4.14. The zero-order chi connectivity index (χ0) is 13.5. The molecule has 2 aromatic rings. The molecule has 0 spiro atoms. The van der Waals surface area contributed by atoms with E-state index in [4.69, 9.17) is 0 Å². The lowest BCUT2D eigenvalue weighted by atomic mass is 10.1. The molecule has 2 aromatic heterocycles. The van der Waals surface area contributed by atoms with Gasteiger partial charge in [-0.1, -0.05) is 26.0 Å². The van der Waals surface area contributed by atoms with Crippen molar-refractivity contribution < 1.29 is 0 Å². The first-order valence-corrected chi connectivity index (χ1v) is 6.89. The zero-order valence-corrected chi connectivity index (χ0v) is 11.7. The lowest BCUT2D eigenvalue weighted by Crippen LogP contribution is -2.12. The van der Waals surface area contributed by atoms with E-state index >= 15 is 0 Å². The van der Waals surface area contributed by atoms with Crippen molar-refractivity contribution in [1.29, 1.82) is 0 Å². The number of hydrogen-bond acceptors (Lipinski definition) is 3. The molecule has 0 aromatic carbocycles. The van der Waals surface area contributed by atoms with Gasteiger partial charge in [0.1, 0.15) is 0 Å². The van der Waals surface area contributed by atoms with Gasteiger partial charge in [-0.15, -0.1) is 0 Å². The Labute approximate surface area is 115 Å². The molecule has 0 fully saturated rings. The number of nitrogens with zero attached hydrogens (tertiary/aromatic N) is 2. The van der Waals surface area contributed by atoms with Gasteiger partial charge in [0.25, 0.3) is 0 Å². The molecule has 100 valence electrons. The molecule has 19 heavy (non-hydrogen) atoms. The summed E-state index contributed by atoms with van der Waals surface area (Å²) in [5.41, 5.74) is 4.82.